The first-order valence-electron chi connectivity index (χ1n) is 6.16. The first-order valence-corrected chi connectivity index (χ1v) is 7.55. The van der Waals surface area contributed by atoms with E-state index in [0.717, 1.165) is 12.2 Å². The van der Waals surface area contributed by atoms with Crippen LogP contribution in [0.25, 0.3) is 0 Å². The first kappa shape index (κ1) is 17.1. The second kappa shape index (κ2) is 8.24. The van der Waals surface area contributed by atoms with E-state index in [0.29, 0.717) is 6.42 Å². The number of hydrogen-bond acceptors (Lipinski definition) is 3. The van der Waals surface area contributed by atoms with E-state index in [9.17, 15) is 9.59 Å². The van der Waals surface area contributed by atoms with Crippen LogP contribution in [-0.2, 0) is 4.79 Å². The van der Waals surface area contributed by atoms with Gasteiger partial charge in [0.05, 0.1) is 5.41 Å². The number of carbonyl (C=O) groups excluding carboxylic acids is 1. The minimum absolute atomic E-state index is 0.123. The molecule has 0 aliphatic rings. The Kier molecular flexibility index (Phi) is 7.82. The Bertz CT molecular complexity index is 286. The molecule has 0 radical (unpaired) electrons. The Morgan fingerprint density at radius 2 is 2.00 bits per heavy atom. The zero-order chi connectivity index (χ0) is 14.2. The molecule has 6 heteroatoms. The van der Waals surface area contributed by atoms with Gasteiger partial charge in [-0.15, -0.1) is 0 Å². The molecule has 2 atom stereocenters. The molecule has 0 aromatic heterocycles. The molecule has 0 rings (SSSR count). The van der Waals surface area contributed by atoms with Crippen LogP contribution in [-0.4, -0.2) is 41.7 Å². The number of hydrogen-bond donors (Lipinski definition) is 3. The fourth-order valence-corrected chi connectivity index (χ4v) is 2.05. The zero-order valence-electron chi connectivity index (χ0n) is 11.6. The summed E-state index contributed by atoms with van der Waals surface area (Å²) >= 11 is 1.67. The number of carbonyl (C=O) groups is 2. The van der Waals surface area contributed by atoms with Crippen LogP contribution < -0.4 is 10.6 Å². The molecule has 106 valence electrons. The Morgan fingerprint density at radius 1 is 1.39 bits per heavy atom. The highest BCUT2D eigenvalue weighted by molar-refractivity contribution is 7.98. The van der Waals surface area contributed by atoms with E-state index in [1.54, 1.807) is 25.6 Å². The Morgan fingerprint density at radius 3 is 2.39 bits per heavy atom. The van der Waals surface area contributed by atoms with E-state index >= 15 is 0 Å². The number of carboxylic acids is 1. The van der Waals surface area contributed by atoms with Crippen LogP contribution in [0.15, 0.2) is 0 Å². The monoisotopic (exact) mass is 276 g/mol. The van der Waals surface area contributed by atoms with Gasteiger partial charge in [0.25, 0.3) is 0 Å². The van der Waals surface area contributed by atoms with Crippen molar-refractivity contribution in [2.45, 2.75) is 39.7 Å². The van der Waals surface area contributed by atoms with Crippen molar-refractivity contribution >= 4 is 23.8 Å². The average molecular weight is 276 g/mol. The van der Waals surface area contributed by atoms with E-state index < -0.39 is 11.4 Å². The van der Waals surface area contributed by atoms with Gasteiger partial charge in [-0.05, 0) is 26.0 Å². The van der Waals surface area contributed by atoms with E-state index in [-0.39, 0.29) is 18.6 Å². The number of carboxylic acid groups (broad SMARTS) is 1. The third-order valence-electron chi connectivity index (χ3n) is 3.13. The molecular formula is C12H24N2O3S. The van der Waals surface area contributed by atoms with Gasteiger partial charge in [-0.1, -0.05) is 13.8 Å². The second-order valence-electron chi connectivity index (χ2n) is 4.61. The number of thioether (sulfide) groups is 1. The van der Waals surface area contributed by atoms with Crippen molar-refractivity contribution in [2.24, 2.45) is 5.41 Å². The summed E-state index contributed by atoms with van der Waals surface area (Å²) < 4.78 is 0. The third-order valence-corrected chi connectivity index (χ3v) is 3.87. The van der Waals surface area contributed by atoms with Crippen LogP contribution in [0.5, 0.6) is 0 Å². The fraction of sp³-hybridized carbons (Fsp3) is 0.833. The largest absolute Gasteiger partial charge is 0.481 e. The lowest BCUT2D eigenvalue weighted by atomic mass is 9.88. The molecule has 0 spiro atoms. The first-order chi connectivity index (χ1) is 8.39. The number of amides is 2. The Labute approximate surface area is 113 Å². The van der Waals surface area contributed by atoms with Crippen molar-refractivity contribution in [2.75, 3.05) is 18.6 Å². The van der Waals surface area contributed by atoms with Crippen molar-refractivity contribution in [3.63, 3.8) is 0 Å². The summed E-state index contributed by atoms with van der Waals surface area (Å²) in [6.07, 6.45) is 3.32. The van der Waals surface area contributed by atoms with Crippen molar-refractivity contribution in [3.8, 4) is 0 Å². The summed E-state index contributed by atoms with van der Waals surface area (Å²) in [5, 5.41) is 14.6. The van der Waals surface area contributed by atoms with Crippen molar-refractivity contribution in [1.82, 2.24) is 10.6 Å². The van der Waals surface area contributed by atoms with E-state index in [1.807, 2.05) is 13.2 Å². The van der Waals surface area contributed by atoms with Crippen LogP contribution in [0.4, 0.5) is 4.79 Å². The van der Waals surface area contributed by atoms with E-state index in [1.165, 1.54) is 0 Å². The van der Waals surface area contributed by atoms with E-state index in [4.69, 9.17) is 5.11 Å². The maximum absolute atomic E-state index is 11.6. The Balaban J connectivity index is 4.20. The summed E-state index contributed by atoms with van der Waals surface area (Å²) in [5.74, 6) is -0.0325. The van der Waals surface area contributed by atoms with Crippen LogP contribution in [0.2, 0.25) is 0 Å². The maximum atomic E-state index is 11.6. The lowest BCUT2D eigenvalue weighted by Gasteiger charge is -2.24. The molecule has 0 heterocycles. The fourth-order valence-electron chi connectivity index (χ4n) is 1.33. The quantitative estimate of drug-likeness (QED) is 0.633. The van der Waals surface area contributed by atoms with Gasteiger partial charge < -0.3 is 15.7 Å². The highest BCUT2D eigenvalue weighted by atomic mass is 32.2. The van der Waals surface area contributed by atoms with Crippen LogP contribution in [0.3, 0.4) is 0 Å². The predicted octanol–water partition coefficient (Wildman–Crippen LogP) is 1.93. The van der Waals surface area contributed by atoms with Gasteiger partial charge in [0, 0.05) is 18.3 Å². The minimum Gasteiger partial charge on any atom is -0.481 e. The van der Waals surface area contributed by atoms with Crippen LogP contribution >= 0.6 is 11.8 Å². The molecule has 3 N–H and O–H groups in total. The highest BCUT2D eigenvalue weighted by Gasteiger charge is 2.31. The SMILES string of the molecule is CCC(CSC)NC(=O)NCC(C)(CC)C(=O)O. The number of urea groups is 1. The standard InChI is InChI=1S/C12H24N2O3S/c1-5-9(7-18-4)14-11(17)13-8-12(3,6-2)10(15)16/h9H,5-8H2,1-4H3,(H,15,16)(H2,13,14,17). The van der Waals surface area contributed by atoms with Gasteiger partial charge in [-0.25, -0.2) is 4.79 Å². The van der Waals surface area contributed by atoms with Crippen molar-refractivity contribution < 1.29 is 14.7 Å². The smallest absolute Gasteiger partial charge is 0.315 e. The van der Waals surface area contributed by atoms with E-state index in [2.05, 4.69) is 10.6 Å². The summed E-state index contributed by atoms with van der Waals surface area (Å²) in [6.45, 7) is 5.58. The molecule has 5 nitrogen and oxygen atoms in total. The molecule has 2 unspecified atom stereocenters. The van der Waals surface area contributed by atoms with Gasteiger partial charge in [0.15, 0.2) is 0 Å². The Hall–Kier alpha value is -0.910. The molecule has 2 amide bonds. The zero-order valence-corrected chi connectivity index (χ0v) is 12.4. The summed E-state index contributed by atoms with van der Waals surface area (Å²) in [4.78, 5) is 22.7. The lowest BCUT2D eigenvalue weighted by Crippen LogP contribution is -2.47. The second-order valence-corrected chi connectivity index (χ2v) is 5.52. The highest BCUT2D eigenvalue weighted by Crippen LogP contribution is 2.19. The topological polar surface area (TPSA) is 78.4 Å². The van der Waals surface area contributed by atoms with Gasteiger partial charge >= 0.3 is 12.0 Å². The normalized spacial score (nSPS) is 15.6. The van der Waals surface area contributed by atoms with Gasteiger partial charge in [-0.2, -0.15) is 11.8 Å². The molecule has 0 aromatic carbocycles. The molecular weight excluding hydrogens is 252 g/mol. The predicted molar refractivity (Wildman–Crippen MR) is 75.0 cm³/mol. The summed E-state index contributed by atoms with van der Waals surface area (Å²) in [6, 6.07) is -0.172. The molecule has 0 aliphatic heterocycles. The van der Waals surface area contributed by atoms with Crippen molar-refractivity contribution in [3.05, 3.63) is 0 Å². The molecule has 18 heavy (non-hydrogen) atoms. The molecule has 0 saturated carbocycles. The van der Waals surface area contributed by atoms with Crippen LogP contribution in [0.1, 0.15) is 33.6 Å². The average Bonchev–Trinajstić information content (AvgIpc) is 2.35. The summed E-state index contributed by atoms with van der Waals surface area (Å²) in [7, 11) is 0. The van der Waals surface area contributed by atoms with Gasteiger partial charge in [0.2, 0.25) is 0 Å². The van der Waals surface area contributed by atoms with Gasteiger partial charge in [-0.3, -0.25) is 4.79 Å². The number of nitrogens with one attached hydrogen (secondary N) is 2. The van der Waals surface area contributed by atoms with Gasteiger partial charge in [0.1, 0.15) is 0 Å². The molecule has 0 fully saturated rings. The molecule has 0 saturated heterocycles. The number of rotatable bonds is 8. The number of aliphatic carboxylic acids is 1. The molecule has 0 aromatic rings. The molecule has 0 bridgehead atoms. The summed E-state index contributed by atoms with van der Waals surface area (Å²) in [5.41, 5.74) is -0.904. The lowest BCUT2D eigenvalue weighted by molar-refractivity contribution is -0.147. The molecule has 0 aliphatic carbocycles. The van der Waals surface area contributed by atoms with Crippen molar-refractivity contribution in [1.29, 1.82) is 0 Å². The third kappa shape index (κ3) is 5.62. The maximum Gasteiger partial charge on any atom is 0.315 e. The van der Waals surface area contributed by atoms with Crippen LogP contribution in [0, 0.1) is 5.41 Å². The minimum atomic E-state index is -0.904.